The van der Waals surface area contributed by atoms with Crippen LogP contribution in [0.25, 0.3) is 11.2 Å². The van der Waals surface area contributed by atoms with Gasteiger partial charge < -0.3 is 9.84 Å². The summed E-state index contributed by atoms with van der Waals surface area (Å²) in [6.45, 7) is 2.32. The van der Waals surface area contributed by atoms with Gasteiger partial charge in [0.1, 0.15) is 17.1 Å². The van der Waals surface area contributed by atoms with Crippen LogP contribution in [0.5, 0.6) is 0 Å². The fourth-order valence-corrected chi connectivity index (χ4v) is 3.21. The van der Waals surface area contributed by atoms with Crippen LogP contribution in [0, 0.1) is 6.92 Å². The van der Waals surface area contributed by atoms with Gasteiger partial charge in [0.15, 0.2) is 17.0 Å². The highest BCUT2D eigenvalue weighted by atomic mass is 32.2. The minimum absolute atomic E-state index is 0.156. The van der Waals surface area contributed by atoms with Crippen LogP contribution >= 0.6 is 11.8 Å². The number of fused-ring (bicyclic) bond motifs is 1. The molecule has 136 valence electrons. The summed E-state index contributed by atoms with van der Waals surface area (Å²) in [7, 11) is 0. The van der Waals surface area contributed by atoms with Gasteiger partial charge in [-0.15, -0.1) is 5.10 Å². The Morgan fingerprint density at radius 1 is 1.26 bits per heavy atom. The molecule has 0 spiro atoms. The van der Waals surface area contributed by atoms with Crippen LogP contribution in [-0.2, 0) is 11.3 Å². The Morgan fingerprint density at radius 3 is 2.89 bits per heavy atom. The monoisotopic (exact) mass is 381 g/mol. The maximum atomic E-state index is 12.1. The van der Waals surface area contributed by atoms with Crippen molar-refractivity contribution >= 4 is 34.7 Å². The maximum Gasteiger partial charge on any atom is 0.236 e. The van der Waals surface area contributed by atoms with E-state index in [-0.39, 0.29) is 11.7 Å². The number of hydrogen-bond acceptors (Lipinski definition) is 8. The quantitative estimate of drug-likeness (QED) is 0.400. The number of carbonyl (C=O) groups is 1. The predicted molar refractivity (Wildman–Crippen MR) is 99.3 cm³/mol. The molecule has 0 saturated carbocycles. The van der Waals surface area contributed by atoms with Gasteiger partial charge in [0, 0.05) is 6.07 Å². The fourth-order valence-electron chi connectivity index (χ4n) is 2.48. The molecular weight excluding hydrogens is 366 g/mol. The van der Waals surface area contributed by atoms with E-state index in [4.69, 9.17) is 4.52 Å². The molecule has 0 radical (unpaired) electrons. The van der Waals surface area contributed by atoms with Gasteiger partial charge in [-0.3, -0.25) is 4.79 Å². The maximum absolute atomic E-state index is 12.1. The number of hydrogen-bond donors (Lipinski definition) is 1. The molecule has 0 fully saturated rings. The second-order valence-electron chi connectivity index (χ2n) is 5.74. The van der Waals surface area contributed by atoms with Gasteiger partial charge in [-0.05, 0) is 12.5 Å². The van der Waals surface area contributed by atoms with Crippen molar-refractivity contribution in [3.8, 4) is 0 Å². The number of nitrogens with one attached hydrogen (secondary N) is 1. The molecule has 0 aliphatic heterocycles. The van der Waals surface area contributed by atoms with Crippen LogP contribution in [0.3, 0.4) is 0 Å². The van der Waals surface area contributed by atoms with Crippen molar-refractivity contribution in [3.63, 3.8) is 0 Å². The van der Waals surface area contributed by atoms with E-state index in [2.05, 4.69) is 30.8 Å². The number of rotatable bonds is 6. The van der Waals surface area contributed by atoms with Crippen LogP contribution in [0.4, 0.5) is 5.82 Å². The molecule has 1 aromatic carbocycles. The van der Waals surface area contributed by atoms with Crippen LogP contribution in [-0.4, -0.2) is 41.8 Å². The number of carbonyl (C=O) groups excluding carboxylic acids is 1. The molecule has 27 heavy (non-hydrogen) atoms. The second kappa shape index (κ2) is 7.54. The standard InChI is InChI=1S/C17H15N7O2S/c1-11-7-13(22-26-11)20-14(25)9-27-17-15-16(18-10-19-17)24(23-21-15)8-12-5-3-2-4-6-12/h2-7,10H,8-9H2,1H3,(H,20,22,25). The normalized spacial score (nSPS) is 11.0. The van der Waals surface area contributed by atoms with Crippen molar-refractivity contribution in [3.05, 3.63) is 54.0 Å². The lowest BCUT2D eigenvalue weighted by Crippen LogP contribution is -2.14. The Hall–Kier alpha value is -3.27. The van der Waals surface area contributed by atoms with Crippen LogP contribution in [0.2, 0.25) is 0 Å². The van der Waals surface area contributed by atoms with Crippen molar-refractivity contribution in [2.75, 3.05) is 11.1 Å². The first-order valence-electron chi connectivity index (χ1n) is 8.13. The smallest absolute Gasteiger partial charge is 0.236 e. The van der Waals surface area contributed by atoms with E-state index in [1.807, 2.05) is 30.3 Å². The first-order valence-corrected chi connectivity index (χ1v) is 9.12. The lowest BCUT2D eigenvalue weighted by atomic mass is 10.2. The zero-order valence-electron chi connectivity index (χ0n) is 14.4. The largest absolute Gasteiger partial charge is 0.360 e. The minimum atomic E-state index is -0.211. The number of thioether (sulfide) groups is 1. The van der Waals surface area contributed by atoms with Crippen LogP contribution in [0.1, 0.15) is 11.3 Å². The molecule has 0 saturated heterocycles. The predicted octanol–water partition coefficient (Wildman–Crippen LogP) is 2.30. The molecular formula is C17H15N7O2S. The first-order chi connectivity index (χ1) is 13.2. The average Bonchev–Trinajstić information content (AvgIpc) is 3.27. The molecule has 4 rings (SSSR count). The summed E-state index contributed by atoms with van der Waals surface area (Å²) in [5, 5.41) is 15.4. The Bertz CT molecular complexity index is 1080. The molecule has 0 atom stereocenters. The van der Waals surface area contributed by atoms with Gasteiger partial charge in [0.25, 0.3) is 0 Å². The van der Waals surface area contributed by atoms with Gasteiger partial charge >= 0.3 is 0 Å². The third-order valence-electron chi connectivity index (χ3n) is 3.68. The highest BCUT2D eigenvalue weighted by Crippen LogP contribution is 2.23. The van der Waals surface area contributed by atoms with E-state index in [1.54, 1.807) is 17.7 Å². The summed E-state index contributed by atoms with van der Waals surface area (Å²) in [6.07, 6.45) is 1.45. The number of anilines is 1. The molecule has 0 aliphatic rings. The number of aryl methyl sites for hydroxylation is 1. The molecule has 0 unspecified atom stereocenters. The van der Waals surface area contributed by atoms with Crippen molar-refractivity contribution in [2.24, 2.45) is 0 Å². The molecule has 3 heterocycles. The number of amides is 1. The van der Waals surface area contributed by atoms with Gasteiger partial charge in [0.2, 0.25) is 5.91 Å². The van der Waals surface area contributed by atoms with E-state index in [9.17, 15) is 4.79 Å². The zero-order valence-corrected chi connectivity index (χ0v) is 15.2. The lowest BCUT2D eigenvalue weighted by molar-refractivity contribution is -0.113. The molecule has 3 aromatic heterocycles. The lowest BCUT2D eigenvalue weighted by Gasteiger charge is -2.03. The van der Waals surface area contributed by atoms with E-state index >= 15 is 0 Å². The Morgan fingerprint density at radius 2 is 2.11 bits per heavy atom. The van der Waals surface area contributed by atoms with Gasteiger partial charge in [0.05, 0.1) is 12.3 Å². The number of benzene rings is 1. The molecule has 4 aromatic rings. The zero-order chi connectivity index (χ0) is 18.6. The van der Waals surface area contributed by atoms with E-state index in [0.717, 1.165) is 5.56 Å². The molecule has 10 heteroatoms. The molecule has 0 bridgehead atoms. The third kappa shape index (κ3) is 3.95. The van der Waals surface area contributed by atoms with Crippen LogP contribution in [0.15, 0.2) is 52.3 Å². The first kappa shape index (κ1) is 17.2. The average molecular weight is 381 g/mol. The minimum Gasteiger partial charge on any atom is -0.360 e. The molecule has 9 nitrogen and oxygen atoms in total. The summed E-state index contributed by atoms with van der Waals surface area (Å²) in [4.78, 5) is 20.6. The van der Waals surface area contributed by atoms with Crippen molar-refractivity contribution < 1.29 is 9.32 Å². The summed E-state index contributed by atoms with van der Waals surface area (Å²) in [6, 6.07) is 11.6. The molecule has 0 aliphatic carbocycles. The van der Waals surface area contributed by atoms with E-state index in [0.29, 0.717) is 34.3 Å². The van der Waals surface area contributed by atoms with Crippen molar-refractivity contribution in [1.29, 1.82) is 0 Å². The SMILES string of the molecule is Cc1cc(NC(=O)CSc2ncnc3c2nnn3Cc2ccccc2)no1. The Labute approximate surface area is 158 Å². The van der Waals surface area contributed by atoms with Gasteiger partial charge in [-0.2, -0.15) is 0 Å². The summed E-state index contributed by atoms with van der Waals surface area (Å²) in [5.41, 5.74) is 2.30. The van der Waals surface area contributed by atoms with Gasteiger partial charge in [-0.1, -0.05) is 52.5 Å². The number of nitrogens with zero attached hydrogens (tertiary/aromatic N) is 6. The topological polar surface area (TPSA) is 112 Å². The van der Waals surface area contributed by atoms with Gasteiger partial charge in [-0.25, -0.2) is 14.6 Å². The van der Waals surface area contributed by atoms with Crippen molar-refractivity contribution in [1.82, 2.24) is 30.1 Å². The second-order valence-corrected chi connectivity index (χ2v) is 6.71. The summed E-state index contributed by atoms with van der Waals surface area (Å²) in [5.74, 6) is 0.964. The van der Waals surface area contributed by atoms with Crippen molar-refractivity contribution in [2.45, 2.75) is 18.5 Å². The highest BCUT2D eigenvalue weighted by molar-refractivity contribution is 8.00. The fraction of sp³-hybridized carbons (Fsp3) is 0.176. The molecule has 1 N–H and O–H groups in total. The highest BCUT2D eigenvalue weighted by Gasteiger charge is 2.14. The van der Waals surface area contributed by atoms with E-state index < -0.39 is 0 Å². The number of aromatic nitrogens is 6. The summed E-state index contributed by atoms with van der Waals surface area (Å²) < 4.78 is 6.64. The molecule has 1 amide bonds. The Balaban J connectivity index is 1.47. The van der Waals surface area contributed by atoms with E-state index in [1.165, 1.54) is 18.1 Å². The summed E-state index contributed by atoms with van der Waals surface area (Å²) >= 11 is 1.27. The van der Waals surface area contributed by atoms with Crippen LogP contribution < -0.4 is 5.32 Å². The third-order valence-corrected chi connectivity index (χ3v) is 4.66. The Kier molecular flexibility index (Phi) is 4.79.